The number of rotatable bonds is 2. The third-order valence-corrected chi connectivity index (χ3v) is 4.35. The molecule has 0 fully saturated rings. The SMILES string of the molecule is Cc1cc(C)c(C2=C(OC(=O)N(C)C)c3ccccc3C2=O)c(C)c1. The van der Waals surface area contributed by atoms with Gasteiger partial charge in [-0.25, -0.2) is 4.79 Å². The highest BCUT2D eigenvalue weighted by Gasteiger charge is 2.34. The van der Waals surface area contributed by atoms with Crippen LogP contribution in [0.15, 0.2) is 36.4 Å². The Labute approximate surface area is 147 Å². The summed E-state index contributed by atoms with van der Waals surface area (Å²) in [6, 6.07) is 11.3. The molecule has 0 unspecified atom stereocenters. The Hall–Kier alpha value is -2.88. The molecule has 2 aromatic carbocycles. The van der Waals surface area contributed by atoms with Crippen molar-refractivity contribution in [1.82, 2.24) is 4.90 Å². The van der Waals surface area contributed by atoms with E-state index in [-0.39, 0.29) is 5.78 Å². The van der Waals surface area contributed by atoms with E-state index in [0.717, 1.165) is 22.3 Å². The summed E-state index contributed by atoms with van der Waals surface area (Å²) in [5.41, 5.74) is 5.66. The molecule has 0 saturated carbocycles. The van der Waals surface area contributed by atoms with Crippen LogP contribution in [-0.2, 0) is 4.74 Å². The van der Waals surface area contributed by atoms with Crippen molar-refractivity contribution >= 4 is 23.2 Å². The largest absolute Gasteiger partial charge is 0.414 e. The second kappa shape index (κ2) is 6.20. The molecule has 0 aliphatic heterocycles. The van der Waals surface area contributed by atoms with Gasteiger partial charge in [-0.15, -0.1) is 0 Å². The second-order valence-electron chi connectivity index (χ2n) is 6.61. The maximum Gasteiger partial charge on any atom is 0.414 e. The summed E-state index contributed by atoms with van der Waals surface area (Å²) in [5, 5.41) is 0. The minimum Gasteiger partial charge on any atom is -0.409 e. The van der Waals surface area contributed by atoms with E-state index in [0.29, 0.717) is 22.5 Å². The van der Waals surface area contributed by atoms with E-state index in [2.05, 4.69) is 0 Å². The van der Waals surface area contributed by atoms with Crippen molar-refractivity contribution in [2.45, 2.75) is 20.8 Å². The van der Waals surface area contributed by atoms with Crippen molar-refractivity contribution in [3.63, 3.8) is 0 Å². The molecule has 1 aliphatic rings. The van der Waals surface area contributed by atoms with Gasteiger partial charge in [-0.1, -0.05) is 42.0 Å². The van der Waals surface area contributed by atoms with Crippen molar-refractivity contribution in [2.24, 2.45) is 0 Å². The van der Waals surface area contributed by atoms with Crippen molar-refractivity contribution in [3.05, 3.63) is 69.8 Å². The zero-order chi connectivity index (χ0) is 18.3. The van der Waals surface area contributed by atoms with Crippen LogP contribution in [-0.4, -0.2) is 30.9 Å². The van der Waals surface area contributed by atoms with Crippen LogP contribution in [0.1, 0.15) is 38.2 Å². The third-order valence-electron chi connectivity index (χ3n) is 4.35. The lowest BCUT2D eigenvalue weighted by molar-refractivity contribution is 0.105. The van der Waals surface area contributed by atoms with Gasteiger partial charge in [-0.3, -0.25) is 4.79 Å². The number of aryl methyl sites for hydroxylation is 3. The van der Waals surface area contributed by atoms with Crippen LogP contribution in [0.25, 0.3) is 11.3 Å². The third kappa shape index (κ3) is 2.84. The minimum absolute atomic E-state index is 0.104. The molecule has 0 spiro atoms. The Morgan fingerprint density at radius 1 is 0.960 bits per heavy atom. The highest BCUT2D eigenvalue weighted by molar-refractivity contribution is 6.39. The molecule has 2 aromatic rings. The van der Waals surface area contributed by atoms with Gasteiger partial charge in [0, 0.05) is 25.2 Å². The molecule has 128 valence electrons. The highest BCUT2D eigenvalue weighted by atomic mass is 16.6. The zero-order valence-electron chi connectivity index (χ0n) is 15.1. The van der Waals surface area contributed by atoms with Crippen LogP contribution < -0.4 is 0 Å². The number of Topliss-reactive ketones (excluding diaryl/α,β-unsaturated/α-hetero) is 1. The summed E-state index contributed by atoms with van der Waals surface area (Å²) in [6.07, 6.45) is -0.501. The van der Waals surface area contributed by atoms with E-state index in [9.17, 15) is 9.59 Å². The molecule has 4 nitrogen and oxygen atoms in total. The molecule has 0 N–H and O–H groups in total. The summed E-state index contributed by atoms with van der Waals surface area (Å²) in [4.78, 5) is 26.6. The molecule has 0 aromatic heterocycles. The summed E-state index contributed by atoms with van der Waals surface area (Å²) in [6.45, 7) is 5.98. The molecule has 0 saturated heterocycles. The number of carbonyl (C=O) groups is 2. The van der Waals surface area contributed by atoms with Crippen LogP contribution in [0.5, 0.6) is 0 Å². The van der Waals surface area contributed by atoms with Gasteiger partial charge in [0.25, 0.3) is 0 Å². The molecule has 1 amide bonds. The first-order chi connectivity index (χ1) is 11.8. The molecular formula is C21H21NO3. The first-order valence-corrected chi connectivity index (χ1v) is 8.17. The molecule has 0 bridgehead atoms. The van der Waals surface area contributed by atoms with Crippen LogP contribution in [0.2, 0.25) is 0 Å². The number of fused-ring (bicyclic) bond motifs is 1. The summed E-state index contributed by atoms with van der Waals surface area (Å²) >= 11 is 0. The summed E-state index contributed by atoms with van der Waals surface area (Å²) in [5.74, 6) is 0.238. The fraction of sp³-hybridized carbons (Fsp3) is 0.238. The van der Waals surface area contributed by atoms with Gasteiger partial charge in [0.15, 0.2) is 11.5 Å². The molecule has 0 atom stereocenters. The standard InChI is InChI=1S/C21H21NO3/c1-12-10-13(2)17(14(3)11-12)18-19(23)15-8-6-7-9-16(15)20(18)25-21(24)22(4)5/h6-11H,1-5H3. The molecule has 25 heavy (non-hydrogen) atoms. The molecule has 0 radical (unpaired) electrons. The van der Waals surface area contributed by atoms with Crippen molar-refractivity contribution < 1.29 is 14.3 Å². The quantitative estimate of drug-likeness (QED) is 0.818. The van der Waals surface area contributed by atoms with Crippen molar-refractivity contribution in [3.8, 4) is 0 Å². The fourth-order valence-corrected chi connectivity index (χ4v) is 3.34. The smallest absolute Gasteiger partial charge is 0.409 e. The lowest BCUT2D eigenvalue weighted by atomic mass is 9.92. The Kier molecular flexibility index (Phi) is 4.21. The molecule has 1 aliphatic carbocycles. The number of hydrogen-bond donors (Lipinski definition) is 0. The van der Waals surface area contributed by atoms with E-state index in [4.69, 9.17) is 4.74 Å². The number of nitrogens with zero attached hydrogens (tertiary/aromatic N) is 1. The predicted molar refractivity (Wildman–Crippen MR) is 98.4 cm³/mol. The van der Waals surface area contributed by atoms with Crippen LogP contribution in [0, 0.1) is 20.8 Å². The van der Waals surface area contributed by atoms with Crippen molar-refractivity contribution in [1.29, 1.82) is 0 Å². The van der Waals surface area contributed by atoms with Gasteiger partial charge >= 0.3 is 6.09 Å². The van der Waals surface area contributed by atoms with Crippen LogP contribution in [0.4, 0.5) is 4.79 Å². The van der Waals surface area contributed by atoms with Gasteiger partial charge < -0.3 is 9.64 Å². The first-order valence-electron chi connectivity index (χ1n) is 8.17. The van der Waals surface area contributed by atoms with E-state index in [1.807, 2.05) is 51.1 Å². The van der Waals surface area contributed by atoms with E-state index >= 15 is 0 Å². The highest BCUT2D eigenvalue weighted by Crippen LogP contribution is 2.41. The van der Waals surface area contributed by atoms with Gasteiger partial charge in [0.05, 0.1) is 5.57 Å². The topological polar surface area (TPSA) is 46.6 Å². The average Bonchev–Trinajstić information content (AvgIpc) is 2.80. The lowest BCUT2D eigenvalue weighted by Crippen LogP contribution is -2.22. The maximum atomic E-state index is 13.1. The van der Waals surface area contributed by atoms with Gasteiger partial charge in [0.1, 0.15) is 0 Å². The van der Waals surface area contributed by atoms with E-state index in [1.54, 1.807) is 20.2 Å². The van der Waals surface area contributed by atoms with Gasteiger partial charge in [0.2, 0.25) is 0 Å². The monoisotopic (exact) mass is 335 g/mol. The number of hydrogen-bond acceptors (Lipinski definition) is 3. The van der Waals surface area contributed by atoms with Crippen LogP contribution >= 0.6 is 0 Å². The minimum atomic E-state index is -0.501. The number of carbonyl (C=O) groups excluding carboxylic acids is 2. The number of allylic oxidation sites excluding steroid dienone is 1. The van der Waals surface area contributed by atoms with E-state index in [1.165, 1.54) is 4.90 Å². The lowest BCUT2D eigenvalue weighted by Gasteiger charge is -2.16. The number of ketones is 1. The van der Waals surface area contributed by atoms with E-state index < -0.39 is 6.09 Å². The number of amides is 1. The molecular weight excluding hydrogens is 314 g/mol. The molecule has 4 heteroatoms. The predicted octanol–water partition coefficient (Wildman–Crippen LogP) is 4.37. The van der Waals surface area contributed by atoms with Crippen molar-refractivity contribution in [2.75, 3.05) is 14.1 Å². The van der Waals surface area contributed by atoms with Gasteiger partial charge in [-0.2, -0.15) is 0 Å². The Balaban J connectivity index is 2.27. The average molecular weight is 335 g/mol. The first kappa shape index (κ1) is 17.0. The Morgan fingerprint density at radius 2 is 1.52 bits per heavy atom. The zero-order valence-corrected chi connectivity index (χ0v) is 15.1. The Bertz CT molecular complexity index is 899. The number of benzene rings is 2. The fourth-order valence-electron chi connectivity index (χ4n) is 3.34. The number of ether oxygens (including phenoxy) is 1. The van der Waals surface area contributed by atoms with Gasteiger partial charge in [-0.05, 0) is 37.5 Å². The maximum absolute atomic E-state index is 13.1. The normalized spacial score (nSPS) is 13.1. The molecule has 0 heterocycles. The second-order valence-corrected chi connectivity index (χ2v) is 6.61. The molecule has 3 rings (SSSR count). The van der Waals surface area contributed by atoms with Crippen LogP contribution in [0.3, 0.4) is 0 Å². The summed E-state index contributed by atoms with van der Waals surface area (Å²) < 4.78 is 5.62. The summed E-state index contributed by atoms with van der Waals surface area (Å²) in [7, 11) is 3.24. The Morgan fingerprint density at radius 3 is 2.08 bits per heavy atom.